The molecule has 0 amide bonds. The molecule has 5 nitrogen and oxygen atoms in total. The molecule has 3 atom stereocenters. The van der Waals surface area contributed by atoms with Gasteiger partial charge < -0.3 is 14.2 Å². The normalized spacial score (nSPS) is 22.4. The van der Waals surface area contributed by atoms with Crippen LogP contribution < -0.4 is 0 Å². The zero-order valence-corrected chi connectivity index (χ0v) is 24.4. The lowest BCUT2D eigenvalue weighted by atomic mass is 9.78. The molecule has 3 unspecified atom stereocenters. The summed E-state index contributed by atoms with van der Waals surface area (Å²) in [5, 5.41) is 0. The highest BCUT2D eigenvalue weighted by Gasteiger charge is 2.62. The lowest BCUT2D eigenvalue weighted by molar-refractivity contribution is -0.176. The SMILES string of the molecule is CCCCCCCCCCCCOC(=O)C1CC2CCC1(C(=O)OCCCCCCCCCCCC)O2. The van der Waals surface area contributed by atoms with E-state index in [1.54, 1.807) is 0 Å². The van der Waals surface area contributed by atoms with Gasteiger partial charge in [0, 0.05) is 0 Å². The summed E-state index contributed by atoms with van der Waals surface area (Å²) in [7, 11) is 0. The number of ether oxygens (including phenoxy) is 3. The highest BCUT2D eigenvalue weighted by Crippen LogP contribution is 2.49. The molecule has 2 fully saturated rings. The van der Waals surface area contributed by atoms with Crippen molar-refractivity contribution in [1.29, 1.82) is 0 Å². The smallest absolute Gasteiger partial charge is 0.339 e. The van der Waals surface area contributed by atoms with Gasteiger partial charge >= 0.3 is 11.9 Å². The summed E-state index contributed by atoms with van der Waals surface area (Å²) in [4.78, 5) is 25.9. The topological polar surface area (TPSA) is 61.8 Å². The van der Waals surface area contributed by atoms with Gasteiger partial charge in [0.15, 0.2) is 5.60 Å². The summed E-state index contributed by atoms with van der Waals surface area (Å²) in [6.45, 7) is 5.37. The maximum absolute atomic E-state index is 13.0. The second-order valence-corrected chi connectivity index (χ2v) is 11.6. The molecule has 0 aliphatic carbocycles. The summed E-state index contributed by atoms with van der Waals surface area (Å²) in [5.41, 5.74) is -1.10. The molecule has 2 aliphatic rings. The van der Waals surface area contributed by atoms with Gasteiger partial charge in [-0.2, -0.15) is 0 Å². The summed E-state index contributed by atoms with van der Waals surface area (Å²) in [6, 6.07) is 0. The lowest BCUT2D eigenvalue weighted by Gasteiger charge is -2.29. The van der Waals surface area contributed by atoms with Crippen LogP contribution in [0.3, 0.4) is 0 Å². The van der Waals surface area contributed by atoms with Crippen molar-refractivity contribution in [2.24, 2.45) is 5.92 Å². The van der Waals surface area contributed by atoms with E-state index < -0.39 is 11.5 Å². The molecule has 0 radical (unpaired) electrons. The average molecular weight is 523 g/mol. The van der Waals surface area contributed by atoms with Crippen LogP contribution >= 0.6 is 0 Å². The molecule has 2 heterocycles. The van der Waals surface area contributed by atoms with E-state index in [9.17, 15) is 9.59 Å². The van der Waals surface area contributed by atoms with Crippen LogP contribution in [0.4, 0.5) is 0 Å². The number of unbranched alkanes of at least 4 members (excludes halogenated alkanes) is 18. The van der Waals surface area contributed by atoms with Crippen LogP contribution in [0, 0.1) is 5.92 Å². The zero-order valence-electron chi connectivity index (χ0n) is 24.4. The van der Waals surface area contributed by atoms with Crippen molar-refractivity contribution in [3.05, 3.63) is 0 Å². The predicted octanol–water partition coefficient (Wildman–Crippen LogP) is 8.85. The Kier molecular flexibility index (Phi) is 17.3. The van der Waals surface area contributed by atoms with Gasteiger partial charge in [-0.25, -0.2) is 4.79 Å². The Balaban J connectivity index is 1.54. The minimum absolute atomic E-state index is 0.0141. The average Bonchev–Trinajstić information content (AvgIpc) is 3.51. The van der Waals surface area contributed by atoms with Crippen molar-refractivity contribution in [2.45, 2.75) is 173 Å². The first-order valence-corrected chi connectivity index (χ1v) is 16.2. The Morgan fingerprint density at radius 2 is 1.08 bits per heavy atom. The molecule has 0 aromatic carbocycles. The van der Waals surface area contributed by atoms with Gasteiger partial charge in [-0.15, -0.1) is 0 Å². The van der Waals surface area contributed by atoms with Crippen LogP contribution in [0.25, 0.3) is 0 Å². The van der Waals surface area contributed by atoms with Gasteiger partial charge in [0.2, 0.25) is 0 Å². The van der Waals surface area contributed by atoms with Crippen LogP contribution in [0.15, 0.2) is 0 Å². The zero-order chi connectivity index (χ0) is 26.6. The molecule has 2 bridgehead atoms. The summed E-state index contributed by atoms with van der Waals surface area (Å²) in [5.74, 6) is -1.12. The monoisotopic (exact) mass is 522 g/mol. The molecule has 0 N–H and O–H groups in total. The second kappa shape index (κ2) is 19.9. The van der Waals surface area contributed by atoms with Gasteiger partial charge in [0.05, 0.1) is 25.2 Å². The van der Waals surface area contributed by atoms with E-state index in [-0.39, 0.29) is 18.0 Å². The van der Waals surface area contributed by atoms with Gasteiger partial charge in [-0.1, -0.05) is 129 Å². The quantitative estimate of drug-likeness (QED) is 0.0935. The third-order valence-corrected chi connectivity index (χ3v) is 8.38. The molecule has 0 spiro atoms. The van der Waals surface area contributed by atoms with Gasteiger partial charge in [0.25, 0.3) is 0 Å². The summed E-state index contributed by atoms with van der Waals surface area (Å²) < 4.78 is 17.3. The van der Waals surface area contributed by atoms with E-state index in [4.69, 9.17) is 14.2 Å². The molecule has 5 heteroatoms. The Hall–Kier alpha value is -1.10. The Morgan fingerprint density at radius 1 is 0.649 bits per heavy atom. The molecule has 2 saturated heterocycles. The summed E-state index contributed by atoms with van der Waals surface area (Å²) in [6.07, 6.45) is 26.9. The fourth-order valence-corrected chi connectivity index (χ4v) is 5.98. The van der Waals surface area contributed by atoms with E-state index in [1.165, 1.54) is 103 Å². The minimum atomic E-state index is -1.10. The molecule has 0 aromatic heterocycles. The van der Waals surface area contributed by atoms with Crippen molar-refractivity contribution in [2.75, 3.05) is 13.2 Å². The first-order chi connectivity index (χ1) is 18.1. The van der Waals surface area contributed by atoms with Gasteiger partial charge in [0.1, 0.15) is 0 Å². The van der Waals surface area contributed by atoms with E-state index in [0.29, 0.717) is 26.1 Å². The number of hydrogen-bond acceptors (Lipinski definition) is 5. The van der Waals surface area contributed by atoms with Gasteiger partial charge in [-0.3, -0.25) is 4.79 Å². The molecule has 37 heavy (non-hydrogen) atoms. The van der Waals surface area contributed by atoms with Crippen LogP contribution in [0.5, 0.6) is 0 Å². The molecule has 2 rings (SSSR count). The van der Waals surface area contributed by atoms with Crippen LogP contribution in [0.1, 0.15) is 162 Å². The number of rotatable bonds is 24. The van der Waals surface area contributed by atoms with Crippen molar-refractivity contribution in [1.82, 2.24) is 0 Å². The molecule has 216 valence electrons. The largest absolute Gasteiger partial charge is 0.465 e. The highest BCUT2D eigenvalue weighted by atomic mass is 16.6. The van der Waals surface area contributed by atoms with E-state index in [1.807, 2.05) is 0 Å². The van der Waals surface area contributed by atoms with Crippen molar-refractivity contribution < 1.29 is 23.8 Å². The number of carbonyl (C=O) groups is 2. The van der Waals surface area contributed by atoms with Crippen molar-refractivity contribution >= 4 is 11.9 Å². The van der Waals surface area contributed by atoms with Crippen LogP contribution in [0.2, 0.25) is 0 Å². The Morgan fingerprint density at radius 3 is 1.54 bits per heavy atom. The predicted molar refractivity (Wildman–Crippen MR) is 151 cm³/mol. The molecular weight excluding hydrogens is 464 g/mol. The molecule has 0 saturated carbocycles. The molecule has 0 aromatic rings. The van der Waals surface area contributed by atoms with E-state index >= 15 is 0 Å². The first-order valence-electron chi connectivity index (χ1n) is 16.2. The third-order valence-electron chi connectivity index (χ3n) is 8.38. The van der Waals surface area contributed by atoms with Crippen LogP contribution in [-0.4, -0.2) is 36.9 Å². The first kappa shape index (κ1) is 32.1. The van der Waals surface area contributed by atoms with Crippen LogP contribution in [-0.2, 0) is 23.8 Å². The maximum Gasteiger partial charge on any atom is 0.339 e. The number of fused-ring (bicyclic) bond motifs is 2. The van der Waals surface area contributed by atoms with Crippen molar-refractivity contribution in [3.63, 3.8) is 0 Å². The fourth-order valence-electron chi connectivity index (χ4n) is 5.98. The third kappa shape index (κ3) is 12.1. The standard InChI is InChI=1S/C32H58O5/c1-3-5-7-9-11-13-15-17-19-21-25-35-30(33)29-27-28-23-24-32(29,37-28)31(34)36-26-22-20-18-16-14-12-10-8-6-4-2/h28-29H,3-27H2,1-2H3. The second-order valence-electron chi connectivity index (χ2n) is 11.6. The Labute approximate surface area is 228 Å². The molecule has 2 aliphatic heterocycles. The Bertz CT molecular complexity index is 606. The highest BCUT2D eigenvalue weighted by molar-refractivity contribution is 5.89. The number of hydrogen-bond donors (Lipinski definition) is 0. The van der Waals surface area contributed by atoms with Crippen molar-refractivity contribution in [3.8, 4) is 0 Å². The number of carbonyl (C=O) groups excluding carboxylic acids is 2. The minimum Gasteiger partial charge on any atom is -0.465 e. The fraction of sp³-hybridized carbons (Fsp3) is 0.938. The van der Waals surface area contributed by atoms with Gasteiger partial charge in [-0.05, 0) is 32.1 Å². The summed E-state index contributed by atoms with van der Waals surface area (Å²) >= 11 is 0. The molecular formula is C32H58O5. The van der Waals surface area contributed by atoms with E-state index in [0.717, 1.165) is 32.1 Å². The lowest BCUT2D eigenvalue weighted by Crippen LogP contribution is -2.47. The maximum atomic E-state index is 13.0. The van der Waals surface area contributed by atoms with E-state index in [2.05, 4.69) is 13.8 Å². The number of esters is 2.